The van der Waals surface area contributed by atoms with Crippen molar-refractivity contribution in [1.29, 1.82) is 0 Å². The lowest BCUT2D eigenvalue weighted by Crippen LogP contribution is -2.06. The van der Waals surface area contributed by atoms with Gasteiger partial charge < -0.3 is 0 Å². The Morgan fingerprint density at radius 2 is 1.36 bits per heavy atom. The number of allylic oxidation sites excluding steroid dienone is 4. The lowest BCUT2D eigenvalue weighted by atomic mass is 10.2. The largest absolute Gasteiger partial charge is 0.290 e. The quantitative estimate of drug-likeness (QED) is 0.642. The van der Waals surface area contributed by atoms with Gasteiger partial charge in [0.05, 0.1) is 8.96 Å². The molecule has 1 rings (SSSR count). The predicted octanol–water partition coefficient (Wildman–Crippen LogP) is 2.12. The number of ketones is 2. The molecule has 1 aliphatic rings. The van der Waals surface area contributed by atoms with Crippen molar-refractivity contribution in [3.63, 3.8) is 0 Å². The molecule has 0 aromatic rings. The first kappa shape index (κ1) is 11.1. The molecule has 0 fully saturated rings. The highest BCUT2D eigenvalue weighted by molar-refractivity contribution is 9.13. The maximum Gasteiger partial charge on any atom is 0.207 e. The highest BCUT2D eigenvalue weighted by Gasteiger charge is 2.16. The van der Waals surface area contributed by atoms with Gasteiger partial charge >= 0.3 is 0 Å². The van der Waals surface area contributed by atoms with E-state index in [0.29, 0.717) is 8.96 Å². The van der Waals surface area contributed by atoms with E-state index in [-0.39, 0.29) is 24.0 Å². The van der Waals surface area contributed by atoms with Crippen LogP contribution in [0.2, 0.25) is 0 Å². The van der Waals surface area contributed by atoms with E-state index in [9.17, 15) is 9.59 Å². The van der Waals surface area contributed by atoms with Gasteiger partial charge in [-0.2, -0.15) is 0 Å². The Labute approximate surface area is 86.4 Å². The molecular weight excluding hydrogens is 299 g/mol. The fraction of sp³-hybridized carbons (Fsp3) is 0. The first-order valence-corrected chi connectivity index (χ1v) is 4.03. The molecule has 60 valence electrons. The maximum atomic E-state index is 10.9. The number of rotatable bonds is 0. The van der Waals surface area contributed by atoms with E-state index in [0.717, 1.165) is 0 Å². The van der Waals surface area contributed by atoms with Gasteiger partial charge in [0.25, 0.3) is 0 Å². The van der Waals surface area contributed by atoms with Gasteiger partial charge in [0.15, 0.2) is 5.78 Å². The van der Waals surface area contributed by atoms with Crippen molar-refractivity contribution < 1.29 is 9.59 Å². The molecule has 0 atom stereocenters. The SMILES string of the molecule is Cl.O=C1C=C(Br)C(=O)C(Br)=C1. The van der Waals surface area contributed by atoms with Crippen molar-refractivity contribution in [2.45, 2.75) is 0 Å². The van der Waals surface area contributed by atoms with Crippen molar-refractivity contribution in [3.05, 3.63) is 21.1 Å². The number of Topliss-reactive ketones (excluding diaryl/α,β-unsaturated/α-hetero) is 1. The molecule has 11 heavy (non-hydrogen) atoms. The van der Waals surface area contributed by atoms with E-state index in [1.54, 1.807) is 0 Å². The second kappa shape index (κ2) is 4.18. The summed E-state index contributed by atoms with van der Waals surface area (Å²) in [6.45, 7) is 0. The van der Waals surface area contributed by atoms with Crippen LogP contribution >= 0.6 is 44.3 Å². The lowest BCUT2D eigenvalue weighted by molar-refractivity contribution is -0.114. The highest BCUT2D eigenvalue weighted by atomic mass is 79.9. The van der Waals surface area contributed by atoms with Crippen LogP contribution in [0.5, 0.6) is 0 Å². The van der Waals surface area contributed by atoms with Crippen molar-refractivity contribution >= 4 is 55.8 Å². The molecule has 0 aromatic heterocycles. The molecule has 0 spiro atoms. The van der Waals surface area contributed by atoms with Crippen LogP contribution in [0.4, 0.5) is 0 Å². The van der Waals surface area contributed by atoms with E-state index in [1.807, 2.05) is 0 Å². The molecule has 1 aliphatic carbocycles. The average molecular weight is 302 g/mol. The van der Waals surface area contributed by atoms with Crippen LogP contribution in [-0.2, 0) is 9.59 Å². The van der Waals surface area contributed by atoms with Gasteiger partial charge in [-0.05, 0) is 31.9 Å². The molecule has 0 radical (unpaired) electrons. The first-order chi connectivity index (χ1) is 4.61. The van der Waals surface area contributed by atoms with Crippen LogP contribution in [0.25, 0.3) is 0 Å². The number of hydrogen-bond donors (Lipinski definition) is 0. The van der Waals surface area contributed by atoms with E-state index < -0.39 is 0 Å². The van der Waals surface area contributed by atoms with Gasteiger partial charge in [-0.15, -0.1) is 12.4 Å². The van der Waals surface area contributed by atoms with Gasteiger partial charge in [0.2, 0.25) is 5.78 Å². The Morgan fingerprint density at radius 1 is 1.00 bits per heavy atom. The van der Waals surface area contributed by atoms with Crippen LogP contribution in [0, 0.1) is 0 Å². The van der Waals surface area contributed by atoms with Crippen molar-refractivity contribution in [3.8, 4) is 0 Å². The van der Waals surface area contributed by atoms with Crippen LogP contribution in [-0.4, -0.2) is 11.6 Å². The van der Waals surface area contributed by atoms with E-state index in [4.69, 9.17) is 0 Å². The molecule has 0 N–H and O–H groups in total. The molecular formula is C6H3Br2ClO2. The predicted molar refractivity (Wildman–Crippen MR) is 51.3 cm³/mol. The highest BCUT2D eigenvalue weighted by Crippen LogP contribution is 2.21. The van der Waals surface area contributed by atoms with Gasteiger partial charge in [0, 0.05) is 12.2 Å². The summed E-state index contributed by atoms with van der Waals surface area (Å²) >= 11 is 5.91. The second-order valence-corrected chi connectivity index (χ2v) is 3.42. The monoisotopic (exact) mass is 300 g/mol. The summed E-state index contributed by atoms with van der Waals surface area (Å²) in [4.78, 5) is 21.6. The van der Waals surface area contributed by atoms with E-state index in [1.165, 1.54) is 12.2 Å². The van der Waals surface area contributed by atoms with Gasteiger partial charge in [-0.1, -0.05) is 0 Å². The molecule has 0 heterocycles. The third-order valence-electron chi connectivity index (χ3n) is 0.972. The summed E-state index contributed by atoms with van der Waals surface area (Å²) in [5, 5.41) is 0. The molecule has 0 aliphatic heterocycles. The smallest absolute Gasteiger partial charge is 0.207 e. The fourth-order valence-electron chi connectivity index (χ4n) is 0.537. The summed E-state index contributed by atoms with van der Waals surface area (Å²) in [6.07, 6.45) is 2.49. The average Bonchev–Trinajstić information content (AvgIpc) is 1.82. The number of carbonyl (C=O) groups excluding carboxylic acids is 2. The van der Waals surface area contributed by atoms with E-state index in [2.05, 4.69) is 31.9 Å². The topological polar surface area (TPSA) is 34.1 Å². The fourth-order valence-corrected chi connectivity index (χ4v) is 1.68. The van der Waals surface area contributed by atoms with E-state index >= 15 is 0 Å². The second-order valence-electron chi connectivity index (χ2n) is 1.72. The summed E-state index contributed by atoms with van der Waals surface area (Å²) in [6, 6.07) is 0. The molecule has 2 nitrogen and oxygen atoms in total. The molecule has 5 heteroatoms. The van der Waals surface area contributed by atoms with Gasteiger partial charge in [0.1, 0.15) is 0 Å². The maximum absolute atomic E-state index is 10.9. The molecule has 0 bridgehead atoms. The normalized spacial score (nSPS) is 16.9. The summed E-state index contributed by atoms with van der Waals surface area (Å²) in [5.74, 6) is -0.377. The number of halogens is 3. The number of hydrogen-bond acceptors (Lipinski definition) is 2. The summed E-state index contributed by atoms with van der Waals surface area (Å²) in [5.41, 5.74) is 0. The van der Waals surface area contributed by atoms with Crippen LogP contribution in [0.15, 0.2) is 21.1 Å². The lowest BCUT2D eigenvalue weighted by Gasteiger charge is -2.00. The molecule has 0 aromatic carbocycles. The summed E-state index contributed by atoms with van der Waals surface area (Å²) < 4.78 is 0.596. The summed E-state index contributed by atoms with van der Waals surface area (Å²) in [7, 11) is 0. The zero-order chi connectivity index (χ0) is 7.72. The third-order valence-corrected chi connectivity index (χ3v) is 2.15. The van der Waals surface area contributed by atoms with Crippen molar-refractivity contribution in [1.82, 2.24) is 0 Å². The zero-order valence-corrected chi connectivity index (χ0v) is 9.12. The Bertz CT molecular complexity index is 244. The zero-order valence-electron chi connectivity index (χ0n) is 5.14. The van der Waals surface area contributed by atoms with Crippen LogP contribution in [0.1, 0.15) is 0 Å². The number of carbonyl (C=O) groups is 2. The van der Waals surface area contributed by atoms with Gasteiger partial charge in [-0.25, -0.2) is 0 Å². The molecule has 0 saturated carbocycles. The Hall–Kier alpha value is 0.0700. The van der Waals surface area contributed by atoms with Crippen molar-refractivity contribution in [2.75, 3.05) is 0 Å². The Kier molecular flexibility index (Phi) is 4.21. The minimum atomic E-state index is -0.195. The minimum Gasteiger partial charge on any atom is -0.290 e. The van der Waals surface area contributed by atoms with Crippen LogP contribution in [0.3, 0.4) is 0 Å². The van der Waals surface area contributed by atoms with Crippen LogP contribution < -0.4 is 0 Å². The Balaban J connectivity index is 0.000001000. The Morgan fingerprint density at radius 3 is 1.73 bits per heavy atom. The molecule has 0 saturated heterocycles. The van der Waals surface area contributed by atoms with Crippen molar-refractivity contribution in [2.24, 2.45) is 0 Å². The molecule has 0 amide bonds. The standard InChI is InChI=1S/C6H2Br2O2.ClH/c7-4-1-3(9)2-5(8)6(4)10;/h1-2H;1H. The first-order valence-electron chi connectivity index (χ1n) is 2.44. The molecule has 0 unspecified atom stereocenters. The van der Waals surface area contributed by atoms with Gasteiger partial charge in [-0.3, -0.25) is 9.59 Å². The third kappa shape index (κ3) is 2.54. The minimum absolute atomic E-state index is 0.